The molecule has 1 amide bonds. The Morgan fingerprint density at radius 1 is 1.31 bits per heavy atom. The molecule has 0 aromatic carbocycles. The van der Waals surface area contributed by atoms with Crippen molar-refractivity contribution in [2.75, 3.05) is 26.7 Å². The van der Waals surface area contributed by atoms with Crippen LogP contribution in [0.3, 0.4) is 0 Å². The monoisotopic (exact) mass is 230 g/mol. The minimum Gasteiger partial charge on any atom is -0.465 e. The summed E-state index contributed by atoms with van der Waals surface area (Å²) < 4.78 is 4.78. The molecule has 1 N–H and O–H groups in total. The van der Waals surface area contributed by atoms with Gasteiger partial charge in [-0.2, -0.15) is 0 Å². The SMILES string of the molecule is CCOC(=O)CN(C)CC(=O)NC(C)CC. The van der Waals surface area contributed by atoms with E-state index in [0.29, 0.717) is 6.61 Å². The second-order valence-corrected chi connectivity index (χ2v) is 3.85. The van der Waals surface area contributed by atoms with E-state index in [2.05, 4.69) is 5.32 Å². The molecule has 0 radical (unpaired) electrons. The first kappa shape index (κ1) is 14.9. The van der Waals surface area contributed by atoms with Gasteiger partial charge in [-0.1, -0.05) is 6.92 Å². The van der Waals surface area contributed by atoms with Gasteiger partial charge in [0.25, 0.3) is 0 Å². The van der Waals surface area contributed by atoms with E-state index < -0.39 is 0 Å². The van der Waals surface area contributed by atoms with Crippen LogP contribution in [0, 0.1) is 0 Å². The zero-order valence-corrected chi connectivity index (χ0v) is 10.6. The summed E-state index contributed by atoms with van der Waals surface area (Å²) in [6, 6.07) is 0.170. The maximum absolute atomic E-state index is 11.5. The van der Waals surface area contributed by atoms with Gasteiger partial charge in [-0.25, -0.2) is 0 Å². The fourth-order valence-corrected chi connectivity index (χ4v) is 1.15. The van der Waals surface area contributed by atoms with Crippen LogP contribution in [-0.2, 0) is 14.3 Å². The average molecular weight is 230 g/mol. The summed E-state index contributed by atoms with van der Waals surface area (Å²) in [7, 11) is 1.72. The summed E-state index contributed by atoms with van der Waals surface area (Å²) in [4.78, 5) is 24.2. The van der Waals surface area contributed by atoms with E-state index in [0.717, 1.165) is 6.42 Å². The Morgan fingerprint density at radius 2 is 1.94 bits per heavy atom. The summed E-state index contributed by atoms with van der Waals surface area (Å²) in [5.41, 5.74) is 0. The number of hydrogen-bond donors (Lipinski definition) is 1. The first-order valence-corrected chi connectivity index (χ1v) is 5.63. The molecule has 0 aliphatic carbocycles. The third-order valence-electron chi connectivity index (χ3n) is 2.14. The van der Waals surface area contributed by atoms with E-state index in [1.807, 2.05) is 13.8 Å². The molecule has 0 aromatic rings. The number of nitrogens with one attached hydrogen (secondary N) is 1. The molecule has 1 unspecified atom stereocenters. The molecule has 0 saturated heterocycles. The minimum absolute atomic E-state index is 0.0684. The summed E-state index contributed by atoms with van der Waals surface area (Å²) in [6.07, 6.45) is 0.896. The van der Waals surface area contributed by atoms with Gasteiger partial charge in [0.15, 0.2) is 0 Å². The molecule has 94 valence electrons. The molecular weight excluding hydrogens is 208 g/mol. The third-order valence-corrected chi connectivity index (χ3v) is 2.14. The number of amides is 1. The van der Waals surface area contributed by atoms with Crippen LogP contribution in [0.15, 0.2) is 0 Å². The lowest BCUT2D eigenvalue weighted by molar-refractivity contribution is -0.144. The Kier molecular flexibility index (Phi) is 7.54. The zero-order chi connectivity index (χ0) is 12.6. The summed E-state index contributed by atoms with van der Waals surface area (Å²) >= 11 is 0. The van der Waals surface area contributed by atoms with Gasteiger partial charge in [-0.15, -0.1) is 0 Å². The molecule has 5 nitrogen and oxygen atoms in total. The Morgan fingerprint density at radius 3 is 2.44 bits per heavy atom. The second-order valence-electron chi connectivity index (χ2n) is 3.85. The van der Waals surface area contributed by atoms with Crippen LogP contribution < -0.4 is 5.32 Å². The zero-order valence-electron chi connectivity index (χ0n) is 10.6. The highest BCUT2D eigenvalue weighted by Crippen LogP contribution is 1.90. The second kappa shape index (κ2) is 8.10. The van der Waals surface area contributed by atoms with Gasteiger partial charge in [0, 0.05) is 6.04 Å². The topological polar surface area (TPSA) is 58.6 Å². The quantitative estimate of drug-likeness (QED) is 0.643. The number of hydrogen-bond acceptors (Lipinski definition) is 4. The molecule has 0 spiro atoms. The Hall–Kier alpha value is -1.10. The van der Waals surface area contributed by atoms with Crippen molar-refractivity contribution in [3.8, 4) is 0 Å². The first-order chi connectivity index (χ1) is 7.49. The highest BCUT2D eigenvalue weighted by molar-refractivity contribution is 5.79. The van der Waals surface area contributed by atoms with Crippen LogP contribution in [-0.4, -0.2) is 49.6 Å². The van der Waals surface area contributed by atoms with Gasteiger partial charge in [0.05, 0.1) is 19.7 Å². The number of rotatable bonds is 7. The van der Waals surface area contributed by atoms with Crippen LogP contribution >= 0.6 is 0 Å². The molecule has 0 rings (SSSR count). The van der Waals surface area contributed by atoms with Crippen molar-refractivity contribution in [3.63, 3.8) is 0 Å². The van der Waals surface area contributed by atoms with Crippen molar-refractivity contribution in [2.45, 2.75) is 33.2 Å². The van der Waals surface area contributed by atoms with Crippen LogP contribution in [0.4, 0.5) is 0 Å². The normalized spacial score (nSPS) is 12.3. The number of likely N-dealkylation sites (N-methyl/N-ethyl adjacent to an activating group) is 1. The van der Waals surface area contributed by atoms with E-state index in [1.165, 1.54) is 0 Å². The fourth-order valence-electron chi connectivity index (χ4n) is 1.15. The van der Waals surface area contributed by atoms with Crippen molar-refractivity contribution in [2.24, 2.45) is 0 Å². The lowest BCUT2D eigenvalue weighted by Crippen LogP contribution is -2.41. The van der Waals surface area contributed by atoms with Crippen molar-refractivity contribution >= 4 is 11.9 Å². The van der Waals surface area contributed by atoms with E-state index in [4.69, 9.17) is 4.74 Å². The van der Waals surface area contributed by atoms with Crippen molar-refractivity contribution < 1.29 is 14.3 Å². The average Bonchev–Trinajstić information content (AvgIpc) is 2.16. The summed E-state index contributed by atoms with van der Waals surface area (Å²) in [5, 5.41) is 2.83. The molecule has 0 saturated carbocycles. The molecule has 0 aliphatic rings. The number of nitrogens with zero attached hydrogens (tertiary/aromatic N) is 1. The lowest BCUT2D eigenvalue weighted by Gasteiger charge is -2.17. The number of carbonyl (C=O) groups excluding carboxylic acids is 2. The van der Waals surface area contributed by atoms with Gasteiger partial charge in [0.1, 0.15) is 0 Å². The van der Waals surface area contributed by atoms with Crippen molar-refractivity contribution in [1.29, 1.82) is 0 Å². The van der Waals surface area contributed by atoms with Crippen LogP contribution in [0.25, 0.3) is 0 Å². The highest BCUT2D eigenvalue weighted by atomic mass is 16.5. The maximum Gasteiger partial charge on any atom is 0.320 e. The predicted octanol–water partition coefficient (Wildman–Crippen LogP) is 0.396. The van der Waals surface area contributed by atoms with Crippen LogP contribution in [0.2, 0.25) is 0 Å². The molecule has 0 heterocycles. The number of carbonyl (C=O) groups is 2. The summed E-state index contributed by atoms with van der Waals surface area (Å²) in [5.74, 6) is -0.373. The predicted molar refractivity (Wildman–Crippen MR) is 62.0 cm³/mol. The minimum atomic E-state index is -0.304. The van der Waals surface area contributed by atoms with E-state index in [1.54, 1.807) is 18.9 Å². The van der Waals surface area contributed by atoms with E-state index in [-0.39, 0.29) is 31.0 Å². The van der Waals surface area contributed by atoms with Crippen LogP contribution in [0.5, 0.6) is 0 Å². The Balaban J connectivity index is 3.82. The fraction of sp³-hybridized carbons (Fsp3) is 0.818. The lowest BCUT2D eigenvalue weighted by atomic mass is 10.2. The highest BCUT2D eigenvalue weighted by Gasteiger charge is 2.12. The van der Waals surface area contributed by atoms with E-state index >= 15 is 0 Å². The first-order valence-electron chi connectivity index (χ1n) is 5.63. The largest absolute Gasteiger partial charge is 0.465 e. The van der Waals surface area contributed by atoms with Gasteiger partial charge in [0.2, 0.25) is 5.91 Å². The third kappa shape index (κ3) is 7.23. The molecule has 0 fully saturated rings. The van der Waals surface area contributed by atoms with Crippen molar-refractivity contribution in [3.05, 3.63) is 0 Å². The molecular formula is C11H22N2O3. The van der Waals surface area contributed by atoms with Crippen molar-refractivity contribution in [1.82, 2.24) is 10.2 Å². The molecule has 5 heteroatoms. The molecule has 0 aliphatic heterocycles. The molecule has 16 heavy (non-hydrogen) atoms. The molecule has 0 bridgehead atoms. The smallest absolute Gasteiger partial charge is 0.320 e. The standard InChI is InChI=1S/C11H22N2O3/c1-5-9(3)12-10(14)7-13(4)8-11(15)16-6-2/h9H,5-8H2,1-4H3,(H,12,14). The van der Waals surface area contributed by atoms with Gasteiger partial charge < -0.3 is 10.1 Å². The Bertz CT molecular complexity index is 231. The Labute approximate surface area is 97.1 Å². The van der Waals surface area contributed by atoms with Gasteiger partial charge in [-0.05, 0) is 27.3 Å². The van der Waals surface area contributed by atoms with E-state index in [9.17, 15) is 9.59 Å². The van der Waals surface area contributed by atoms with Gasteiger partial charge in [-0.3, -0.25) is 14.5 Å². The molecule has 0 aromatic heterocycles. The molecule has 1 atom stereocenters. The number of ether oxygens (including phenoxy) is 1. The van der Waals surface area contributed by atoms with Crippen LogP contribution in [0.1, 0.15) is 27.2 Å². The van der Waals surface area contributed by atoms with Gasteiger partial charge >= 0.3 is 5.97 Å². The summed E-state index contributed by atoms with van der Waals surface area (Å²) in [6.45, 7) is 6.43. The maximum atomic E-state index is 11.5. The number of esters is 1.